The number of rotatable bonds is 4. The first-order valence-corrected chi connectivity index (χ1v) is 8.31. The van der Waals surface area contributed by atoms with Crippen molar-refractivity contribution in [2.24, 2.45) is 0 Å². The van der Waals surface area contributed by atoms with Gasteiger partial charge in [-0.25, -0.2) is 9.37 Å². The Labute approximate surface area is 155 Å². The Morgan fingerprint density at radius 3 is 2.46 bits per heavy atom. The topological polar surface area (TPSA) is 68.1 Å². The molecule has 0 radical (unpaired) electrons. The monoisotopic (exact) mass is 373 g/mol. The standard InChI is InChI=1S/C19H17ClFN3O2/c1-10-8-13(5-7-16(10)21)17-22-18(24-19(23-17)26-3)14-9-12(11(2)25)4-6-15(14)20/h4-9,11,25H,1-3H3. The Bertz CT molecular complexity index is 964. The summed E-state index contributed by atoms with van der Waals surface area (Å²) in [6, 6.07) is 9.86. The number of halogens is 2. The van der Waals surface area contributed by atoms with Gasteiger partial charge in [-0.1, -0.05) is 17.7 Å². The molecule has 1 aromatic heterocycles. The molecule has 134 valence electrons. The molecule has 5 nitrogen and oxygen atoms in total. The number of aryl methyl sites for hydroxylation is 1. The van der Waals surface area contributed by atoms with Gasteiger partial charge in [-0.15, -0.1) is 0 Å². The predicted octanol–water partition coefficient (Wildman–Crippen LogP) is 4.37. The van der Waals surface area contributed by atoms with E-state index in [4.69, 9.17) is 16.3 Å². The number of ether oxygens (including phenoxy) is 1. The molecule has 7 heteroatoms. The molecular weight excluding hydrogens is 357 g/mol. The number of aromatic nitrogens is 3. The Morgan fingerprint density at radius 1 is 1.08 bits per heavy atom. The molecular formula is C19H17ClFN3O2. The average Bonchev–Trinajstić information content (AvgIpc) is 2.63. The highest BCUT2D eigenvalue weighted by Crippen LogP contribution is 2.31. The number of nitrogens with zero attached hydrogens (tertiary/aromatic N) is 3. The van der Waals surface area contributed by atoms with Crippen molar-refractivity contribution in [3.05, 3.63) is 58.4 Å². The summed E-state index contributed by atoms with van der Waals surface area (Å²) in [6.45, 7) is 3.33. The molecule has 0 fully saturated rings. The van der Waals surface area contributed by atoms with Gasteiger partial charge in [0.1, 0.15) is 5.82 Å². The van der Waals surface area contributed by atoms with Gasteiger partial charge in [0.15, 0.2) is 11.6 Å². The number of hydrogen-bond acceptors (Lipinski definition) is 5. The lowest BCUT2D eigenvalue weighted by Gasteiger charge is -2.11. The summed E-state index contributed by atoms with van der Waals surface area (Å²) >= 11 is 6.30. The quantitative estimate of drug-likeness (QED) is 0.735. The van der Waals surface area contributed by atoms with Crippen molar-refractivity contribution in [1.29, 1.82) is 0 Å². The maximum absolute atomic E-state index is 13.6. The van der Waals surface area contributed by atoms with Gasteiger partial charge in [0.05, 0.1) is 18.2 Å². The number of methoxy groups -OCH3 is 1. The predicted molar refractivity (Wildman–Crippen MR) is 97.6 cm³/mol. The average molecular weight is 374 g/mol. The summed E-state index contributed by atoms with van der Waals surface area (Å²) in [5.74, 6) is 0.345. The normalized spacial score (nSPS) is 12.1. The lowest BCUT2D eigenvalue weighted by atomic mass is 10.1. The van der Waals surface area contributed by atoms with E-state index in [1.54, 1.807) is 44.2 Å². The maximum atomic E-state index is 13.6. The number of aliphatic hydroxyl groups is 1. The molecule has 0 aliphatic heterocycles. The van der Waals surface area contributed by atoms with Crippen LogP contribution in [-0.2, 0) is 0 Å². The molecule has 3 rings (SSSR count). The minimum absolute atomic E-state index is 0.116. The van der Waals surface area contributed by atoms with Crippen LogP contribution in [0.3, 0.4) is 0 Å². The van der Waals surface area contributed by atoms with Gasteiger partial charge < -0.3 is 9.84 Å². The molecule has 1 heterocycles. The summed E-state index contributed by atoms with van der Waals surface area (Å²) in [6.07, 6.45) is -0.658. The molecule has 0 bridgehead atoms. The highest BCUT2D eigenvalue weighted by Gasteiger charge is 2.15. The van der Waals surface area contributed by atoms with E-state index < -0.39 is 6.10 Å². The van der Waals surface area contributed by atoms with Gasteiger partial charge >= 0.3 is 6.01 Å². The van der Waals surface area contributed by atoms with Gasteiger partial charge in [-0.2, -0.15) is 9.97 Å². The third-order valence-corrected chi connectivity index (χ3v) is 4.26. The highest BCUT2D eigenvalue weighted by atomic mass is 35.5. The molecule has 0 aliphatic rings. The lowest BCUT2D eigenvalue weighted by Crippen LogP contribution is -2.02. The SMILES string of the molecule is COc1nc(-c2ccc(F)c(C)c2)nc(-c2cc(C(C)O)ccc2Cl)n1. The van der Waals surface area contributed by atoms with Crippen LogP contribution in [0.5, 0.6) is 6.01 Å². The molecule has 26 heavy (non-hydrogen) atoms. The van der Waals surface area contributed by atoms with E-state index in [1.165, 1.54) is 13.2 Å². The van der Waals surface area contributed by atoms with Crippen LogP contribution in [0.1, 0.15) is 24.2 Å². The van der Waals surface area contributed by atoms with Crippen LogP contribution < -0.4 is 4.74 Å². The molecule has 1 unspecified atom stereocenters. The zero-order valence-electron chi connectivity index (χ0n) is 14.5. The van der Waals surface area contributed by atoms with Crippen LogP contribution in [0, 0.1) is 12.7 Å². The zero-order valence-corrected chi connectivity index (χ0v) is 15.3. The number of aliphatic hydroxyl groups excluding tert-OH is 1. The van der Waals surface area contributed by atoms with Crippen LogP contribution in [0.4, 0.5) is 4.39 Å². The van der Waals surface area contributed by atoms with Crippen LogP contribution in [-0.4, -0.2) is 27.2 Å². The van der Waals surface area contributed by atoms with E-state index in [-0.39, 0.29) is 11.8 Å². The second-order valence-electron chi connectivity index (χ2n) is 5.85. The van der Waals surface area contributed by atoms with Crippen molar-refractivity contribution in [1.82, 2.24) is 15.0 Å². The van der Waals surface area contributed by atoms with Crippen molar-refractivity contribution in [2.75, 3.05) is 7.11 Å². The summed E-state index contributed by atoms with van der Waals surface area (Å²) < 4.78 is 18.7. The van der Waals surface area contributed by atoms with Crippen LogP contribution in [0.15, 0.2) is 36.4 Å². The number of benzene rings is 2. The van der Waals surface area contributed by atoms with E-state index in [2.05, 4.69) is 15.0 Å². The molecule has 3 aromatic rings. The van der Waals surface area contributed by atoms with Gasteiger partial charge in [-0.05, 0) is 55.3 Å². The Hall–Kier alpha value is -2.57. The molecule has 1 N–H and O–H groups in total. The van der Waals surface area contributed by atoms with Gasteiger partial charge in [0.25, 0.3) is 0 Å². The molecule has 2 aromatic carbocycles. The first kappa shape index (κ1) is 18.2. The highest BCUT2D eigenvalue weighted by molar-refractivity contribution is 6.33. The Morgan fingerprint density at radius 2 is 1.81 bits per heavy atom. The molecule has 0 aliphatic carbocycles. The van der Waals surface area contributed by atoms with Crippen molar-refractivity contribution in [2.45, 2.75) is 20.0 Å². The lowest BCUT2D eigenvalue weighted by molar-refractivity contribution is 0.199. The van der Waals surface area contributed by atoms with E-state index in [0.29, 0.717) is 38.9 Å². The third kappa shape index (κ3) is 3.66. The molecule has 0 spiro atoms. The fraction of sp³-hybridized carbons (Fsp3) is 0.211. The van der Waals surface area contributed by atoms with E-state index in [0.717, 1.165) is 0 Å². The fourth-order valence-corrected chi connectivity index (χ4v) is 2.66. The third-order valence-electron chi connectivity index (χ3n) is 3.93. The summed E-state index contributed by atoms with van der Waals surface area (Å²) in [7, 11) is 1.45. The molecule has 0 saturated heterocycles. The Balaban J connectivity index is 2.17. The van der Waals surface area contributed by atoms with Crippen molar-refractivity contribution in [3.63, 3.8) is 0 Å². The van der Waals surface area contributed by atoms with Crippen LogP contribution >= 0.6 is 11.6 Å². The second-order valence-corrected chi connectivity index (χ2v) is 6.26. The summed E-state index contributed by atoms with van der Waals surface area (Å²) in [4.78, 5) is 13.0. The summed E-state index contributed by atoms with van der Waals surface area (Å²) in [5.41, 5.74) is 2.35. The molecule has 0 amide bonds. The van der Waals surface area contributed by atoms with E-state index in [9.17, 15) is 9.50 Å². The minimum atomic E-state index is -0.658. The zero-order chi connectivity index (χ0) is 18.8. The van der Waals surface area contributed by atoms with E-state index >= 15 is 0 Å². The van der Waals surface area contributed by atoms with Gasteiger partial charge in [0.2, 0.25) is 0 Å². The Kier molecular flexibility index (Phi) is 5.15. The number of hydrogen-bond donors (Lipinski definition) is 1. The first-order valence-electron chi connectivity index (χ1n) is 7.93. The van der Waals surface area contributed by atoms with Crippen LogP contribution in [0.2, 0.25) is 5.02 Å². The maximum Gasteiger partial charge on any atom is 0.320 e. The van der Waals surface area contributed by atoms with Crippen molar-refractivity contribution in [3.8, 4) is 28.8 Å². The van der Waals surface area contributed by atoms with Gasteiger partial charge in [0, 0.05) is 11.1 Å². The van der Waals surface area contributed by atoms with Gasteiger partial charge in [-0.3, -0.25) is 0 Å². The summed E-state index contributed by atoms with van der Waals surface area (Å²) in [5, 5.41) is 10.3. The second kappa shape index (κ2) is 7.35. The largest absolute Gasteiger partial charge is 0.467 e. The smallest absolute Gasteiger partial charge is 0.320 e. The van der Waals surface area contributed by atoms with E-state index in [1.807, 2.05) is 0 Å². The minimum Gasteiger partial charge on any atom is -0.467 e. The van der Waals surface area contributed by atoms with Crippen molar-refractivity contribution >= 4 is 11.6 Å². The van der Waals surface area contributed by atoms with Crippen LogP contribution in [0.25, 0.3) is 22.8 Å². The van der Waals surface area contributed by atoms with Crippen molar-refractivity contribution < 1.29 is 14.2 Å². The fourth-order valence-electron chi connectivity index (χ4n) is 2.46. The molecule has 0 saturated carbocycles. The first-order chi connectivity index (χ1) is 12.4. The molecule has 1 atom stereocenters.